The number of rotatable bonds is 3. The van der Waals surface area contributed by atoms with Gasteiger partial charge >= 0.3 is 0 Å². The van der Waals surface area contributed by atoms with Crippen molar-refractivity contribution in [1.82, 2.24) is 14.8 Å². The lowest BCUT2D eigenvalue weighted by Gasteiger charge is -2.17. The van der Waals surface area contributed by atoms with Gasteiger partial charge < -0.3 is 0 Å². The Kier molecular flexibility index (Phi) is 2.43. The zero-order valence-electron chi connectivity index (χ0n) is 9.98. The van der Waals surface area contributed by atoms with E-state index in [0.717, 1.165) is 12.5 Å². The zero-order valence-corrected chi connectivity index (χ0v) is 9.98. The number of benzene rings is 1. The topological polar surface area (TPSA) is 30.7 Å². The summed E-state index contributed by atoms with van der Waals surface area (Å²) in [4.78, 5) is 3.89. The second-order valence-corrected chi connectivity index (χ2v) is 4.98. The molecule has 2 atom stereocenters. The van der Waals surface area contributed by atoms with E-state index >= 15 is 0 Å². The molecule has 1 heterocycles. The van der Waals surface area contributed by atoms with Gasteiger partial charge in [-0.3, -0.25) is 4.68 Å². The Morgan fingerprint density at radius 1 is 1.44 bits per heavy atom. The molecule has 0 aliphatic heterocycles. The fraction of sp³-hybridized carbons (Fsp3) is 0.385. The van der Waals surface area contributed by atoms with Crippen LogP contribution in [-0.4, -0.2) is 14.8 Å². The molecule has 3 rings (SSSR count). The molecule has 1 saturated carbocycles. The fourth-order valence-corrected chi connectivity index (χ4v) is 2.67. The molecule has 1 aromatic heterocycles. The van der Waals surface area contributed by atoms with Crippen molar-refractivity contribution in [2.75, 3.05) is 0 Å². The lowest BCUT2D eigenvalue weighted by molar-refractivity contribution is 0.451. The maximum Gasteiger partial charge on any atom is 0.137 e. The molecule has 0 unspecified atom stereocenters. The Hall–Kier alpha value is -1.78. The van der Waals surface area contributed by atoms with Crippen LogP contribution in [0.2, 0.25) is 0 Å². The summed E-state index contributed by atoms with van der Waals surface area (Å²) in [5.41, 5.74) is 0.303. The SMILES string of the molecule is C[C@@H]1C[C@@]1(Cn1cncn1)c1ccc(F)cc1F. The maximum atomic E-state index is 13.9. The lowest BCUT2D eigenvalue weighted by atomic mass is 9.93. The van der Waals surface area contributed by atoms with Crippen LogP contribution in [0.25, 0.3) is 0 Å². The molecule has 0 N–H and O–H groups in total. The van der Waals surface area contributed by atoms with Crippen LogP contribution in [0, 0.1) is 17.6 Å². The van der Waals surface area contributed by atoms with Crippen molar-refractivity contribution in [2.45, 2.75) is 25.3 Å². The minimum Gasteiger partial charge on any atom is -0.252 e. The fourth-order valence-electron chi connectivity index (χ4n) is 2.67. The van der Waals surface area contributed by atoms with Crippen molar-refractivity contribution >= 4 is 0 Å². The summed E-state index contributed by atoms with van der Waals surface area (Å²) < 4.78 is 28.6. The molecule has 0 radical (unpaired) electrons. The summed E-state index contributed by atoms with van der Waals surface area (Å²) in [5.74, 6) is -0.651. The predicted molar refractivity (Wildman–Crippen MR) is 61.8 cm³/mol. The summed E-state index contributed by atoms with van der Waals surface area (Å²) in [6, 6.07) is 3.81. The number of halogens is 2. The van der Waals surface area contributed by atoms with Gasteiger partial charge in [0.05, 0.1) is 6.54 Å². The third-order valence-electron chi connectivity index (χ3n) is 3.83. The minimum absolute atomic E-state index is 0.272. The van der Waals surface area contributed by atoms with Gasteiger partial charge in [0, 0.05) is 11.5 Å². The van der Waals surface area contributed by atoms with E-state index in [1.54, 1.807) is 17.1 Å². The molecule has 1 fully saturated rings. The first-order chi connectivity index (χ1) is 8.62. The van der Waals surface area contributed by atoms with Crippen LogP contribution in [0.5, 0.6) is 0 Å². The largest absolute Gasteiger partial charge is 0.252 e. The molecule has 0 saturated heterocycles. The second-order valence-electron chi connectivity index (χ2n) is 4.98. The summed E-state index contributed by atoms with van der Waals surface area (Å²) >= 11 is 0. The smallest absolute Gasteiger partial charge is 0.137 e. The number of nitrogens with zero attached hydrogens (tertiary/aromatic N) is 3. The molecule has 0 bridgehead atoms. The molecular formula is C13H13F2N3. The molecule has 94 valence electrons. The predicted octanol–water partition coefficient (Wildman–Crippen LogP) is 2.53. The first-order valence-electron chi connectivity index (χ1n) is 5.90. The Balaban J connectivity index is 1.97. The van der Waals surface area contributed by atoms with E-state index in [1.165, 1.54) is 12.4 Å². The highest BCUT2D eigenvalue weighted by Crippen LogP contribution is 2.55. The zero-order chi connectivity index (χ0) is 12.8. The van der Waals surface area contributed by atoms with E-state index in [1.807, 2.05) is 0 Å². The average Bonchev–Trinajstić information content (AvgIpc) is 2.75. The molecule has 1 aliphatic rings. The van der Waals surface area contributed by atoms with E-state index in [-0.39, 0.29) is 5.41 Å². The molecule has 5 heteroatoms. The van der Waals surface area contributed by atoms with Crippen molar-refractivity contribution in [3.05, 3.63) is 48.1 Å². The van der Waals surface area contributed by atoms with Crippen LogP contribution in [0.15, 0.2) is 30.9 Å². The van der Waals surface area contributed by atoms with Crippen LogP contribution in [-0.2, 0) is 12.0 Å². The quantitative estimate of drug-likeness (QED) is 0.837. The molecule has 1 aliphatic carbocycles. The molecule has 0 amide bonds. The van der Waals surface area contributed by atoms with Crippen molar-refractivity contribution in [3.63, 3.8) is 0 Å². The van der Waals surface area contributed by atoms with Gasteiger partial charge in [0.2, 0.25) is 0 Å². The number of aromatic nitrogens is 3. The molecular weight excluding hydrogens is 236 g/mol. The molecule has 18 heavy (non-hydrogen) atoms. The highest BCUT2D eigenvalue weighted by molar-refractivity contribution is 5.34. The third-order valence-corrected chi connectivity index (χ3v) is 3.83. The van der Waals surface area contributed by atoms with Gasteiger partial charge in [-0.1, -0.05) is 13.0 Å². The first kappa shape index (κ1) is 11.3. The van der Waals surface area contributed by atoms with Crippen molar-refractivity contribution in [1.29, 1.82) is 0 Å². The van der Waals surface area contributed by atoms with E-state index in [2.05, 4.69) is 17.0 Å². The third kappa shape index (κ3) is 1.70. The summed E-state index contributed by atoms with van der Waals surface area (Å²) in [5, 5.41) is 4.06. The Bertz CT molecular complexity index is 568. The summed E-state index contributed by atoms with van der Waals surface area (Å²) in [6.07, 6.45) is 3.96. The van der Waals surface area contributed by atoms with Crippen LogP contribution in [0.3, 0.4) is 0 Å². The van der Waals surface area contributed by atoms with Gasteiger partial charge in [-0.2, -0.15) is 5.10 Å². The van der Waals surface area contributed by atoms with Crippen LogP contribution < -0.4 is 0 Å². The number of hydrogen-bond donors (Lipinski definition) is 0. The number of hydrogen-bond acceptors (Lipinski definition) is 2. The highest BCUT2D eigenvalue weighted by Gasteiger charge is 2.54. The van der Waals surface area contributed by atoms with Gasteiger partial charge in [-0.25, -0.2) is 13.8 Å². The van der Waals surface area contributed by atoms with Gasteiger partial charge in [0.15, 0.2) is 0 Å². The Morgan fingerprint density at radius 2 is 2.22 bits per heavy atom. The standard InChI is InChI=1S/C13H13F2N3/c1-9-5-13(9,6-18-8-16-7-17-18)11-3-2-10(14)4-12(11)15/h2-4,7-9H,5-6H2,1H3/t9-,13+/m1/s1. The van der Waals surface area contributed by atoms with E-state index in [4.69, 9.17) is 0 Å². The minimum atomic E-state index is -0.541. The second kappa shape index (κ2) is 3.86. The maximum absolute atomic E-state index is 13.9. The summed E-state index contributed by atoms with van der Waals surface area (Å²) in [7, 11) is 0. The van der Waals surface area contributed by atoms with Gasteiger partial charge in [-0.15, -0.1) is 0 Å². The van der Waals surface area contributed by atoms with Gasteiger partial charge in [0.25, 0.3) is 0 Å². The first-order valence-corrected chi connectivity index (χ1v) is 5.90. The lowest BCUT2D eigenvalue weighted by Crippen LogP contribution is -2.20. The van der Waals surface area contributed by atoms with E-state index in [0.29, 0.717) is 18.0 Å². The molecule has 1 aromatic carbocycles. The van der Waals surface area contributed by atoms with E-state index in [9.17, 15) is 8.78 Å². The van der Waals surface area contributed by atoms with Gasteiger partial charge in [0.1, 0.15) is 24.3 Å². The van der Waals surface area contributed by atoms with Crippen LogP contribution >= 0.6 is 0 Å². The van der Waals surface area contributed by atoms with Crippen molar-refractivity contribution in [3.8, 4) is 0 Å². The normalized spacial score (nSPS) is 26.3. The monoisotopic (exact) mass is 249 g/mol. The Morgan fingerprint density at radius 3 is 2.78 bits per heavy atom. The van der Waals surface area contributed by atoms with Crippen LogP contribution in [0.4, 0.5) is 8.78 Å². The molecule has 2 aromatic rings. The average molecular weight is 249 g/mol. The van der Waals surface area contributed by atoms with Crippen LogP contribution in [0.1, 0.15) is 18.9 Å². The summed E-state index contributed by atoms with van der Waals surface area (Å²) in [6.45, 7) is 2.65. The van der Waals surface area contributed by atoms with Crippen molar-refractivity contribution < 1.29 is 8.78 Å². The molecule has 0 spiro atoms. The van der Waals surface area contributed by atoms with E-state index < -0.39 is 11.6 Å². The Labute approximate surface area is 103 Å². The highest BCUT2D eigenvalue weighted by atomic mass is 19.1. The van der Waals surface area contributed by atoms with Gasteiger partial charge in [-0.05, 0) is 24.0 Å². The molecule has 3 nitrogen and oxygen atoms in total. The van der Waals surface area contributed by atoms with Crippen molar-refractivity contribution in [2.24, 2.45) is 5.92 Å².